The number of rotatable bonds is 4. The van der Waals surface area contributed by atoms with E-state index in [0.29, 0.717) is 12.2 Å². The van der Waals surface area contributed by atoms with E-state index in [1.54, 1.807) is 34.7 Å². The highest BCUT2D eigenvalue weighted by Gasteiger charge is 2.21. The summed E-state index contributed by atoms with van der Waals surface area (Å²) in [5.41, 5.74) is 3.45. The van der Waals surface area contributed by atoms with Gasteiger partial charge in [-0.1, -0.05) is 6.07 Å². The zero-order valence-electron chi connectivity index (χ0n) is 15.7. The number of aryl methyl sites for hydroxylation is 1. The summed E-state index contributed by atoms with van der Waals surface area (Å²) in [4.78, 5) is 31.1. The largest absolute Gasteiger partial charge is 0.360 e. The molecule has 4 rings (SSSR count). The normalized spacial score (nSPS) is 15.1. The minimum absolute atomic E-state index is 0.0398. The lowest BCUT2D eigenvalue weighted by atomic mass is 10.2. The molecule has 3 aromatic rings. The van der Waals surface area contributed by atoms with Crippen molar-refractivity contribution in [2.24, 2.45) is 0 Å². The monoisotopic (exact) mass is 380 g/mol. The molecule has 0 saturated carbocycles. The lowest BCUT2D eigenvalue weighted by molar-refractivity contribution is -0.914. The number of anilines is 1. The molecule has 1 aliphatic heterocycles. The van der Waals surface area contributed by atoms with Crippen molar-refractivity contribution in [1.29, 1.82) is 0 Å². The van der Waals surface area contributed by atoms with Crippen molar-refractivity contribution in [1.82, 2.24) is 9.38 Å². The van der Waals surface area contributed by atoms with Gasteiger partial charge < -0.3 is 9.80 Å². The topological polar surface area (TPSA) is 85.2 Å². The summed E-state index contributed by atoms with van der Waals surface area (Å²) in [6.45, 7) is 6.18. The molecule has 0 amide bonds. The van der Waals surface area contributed by atoms with Crippen LogP contribution in [0.5, 0.6) is 0 Å². The molecule has 3 heterocycles. The number of hydrogen-bond acceptors (Lipinski definition) is 5. The summed E-state index contributed by atoms with van der Waals surface area (Å²) in [6, 6.07) is 14.0. The summed E-state index contributed by atoms with van der Waals surface area (Å²) in [6.07, 6.45) is 0. The second kappa shape index (κ2) is 7.40. The van der Waals surface area contributed by atoms with Crippen molar-refractivity contribution in [2.45, 2.75) is 13.5 Å². The minimum atomic E-state index is -0.382. The van der Waals surface area contributed by atoms with Gasteiger partial charge in [-0.15, -0.1) is 0 Å². The van der Waals surface area contributed by atoms with Gasteiger partial charge in [0, 0.05) is 29.6 Å². The third-order valence-electron chi connectivity index (χ3n) is 5.26. The van der Waals surface area contributed by atoms with E-state index in [-0.39, 0.29) is 16.2 Å². The van der Waals surface area contributed by atoms with Crippen LogP contribution in [0.3, 0.4) is 0 Å². The zero-order valence-corrected chi connectivity index (χ0v) is 15.7. The van der Waals surface area contributed by atoms with Gasteiger partial charge in [0.1, 0.15) is 17.9 Å². The summed E-state index contributed by atoms with van der Waals surface area (Å²) in [7, 11) is 0. The first-order chi connectivity index (χ1) is 13.5. The van der Waals surface area contributed by atoms with Gasteiger partial charge in [0.05, 0.1) is 31.1 Å². The van der Waals surface area contributed by atoms with Crippen LogP contribution in [0.1, 0.15) is 11.4 Å². The number of nitrogens with zero attached hydrogens (tertiary/aromatic N) is 4. The van der Waals surface area contributed by atoms with Crippen molar-refractivity contribution < 1.29 is 9.82 Å². The molecular formula is C20H22N5O3+. The molecule has 0 aliphatic carbocycles. The van der Waals surface area contributed by atoms with E-state index in [9.17, 15) is 14.9 Å². The van der Waals surface area contributed by atoms with E-state index in [1.165, 1.54) is 4.90 Å². The van der Waals surface area contributed by atoms with Crippen molar-refractivity contribution in [2.75, 3.05) is 31.1 Å². The highest BCUT2D eigenvalue weighted by atomic mass is 16.6. The van der Waals surface area contributed by atoms with Crippen molar-refractivity contribution in [3.8, 4) is 0 Å². The van der Waals surface area contributed by atoms with E-state index in [0.717, 1.165) is 43.3 Å². The Morgan fingerprint density at radius 1 is 1.14 bits per heavy atom. The fourth-order valence-electron chi connectivity index (χ4n) is 3.75. The highest BCUT2D eigenvalue weighted by Crippen LogP contribution is 2.19. The quantitative estimate of drug-likeness (QED) is 0.535. The van der Waals surface area contributed by atoms with Crippen molar-refractivity contribution in [3.63, 3.8) is 0 Å². The van der Waals surface area contributed by atoms with Gasteiger partial charge in [-0.25, -0.2) is 4.98 Å². The zero-order chi connectivity index (χ0) is 19.7. The molecule has 0 radical (unpaired) electrons. The molecule has 144 valence electrons. The standard InChI is InChI=1S/C20H21N5O3/c1-15-3-2-4-19-21-16(13-20(26)24(15)19)14-22-9-11-23(12-10-22)17-5-7-18(8-6-17)25(27)28/h2-8,13H,9-12,14H2,1H3/p+1. The molecule has 28 heavy (non-hydrogen) atoms. The number of nitro benzene ring substituents is 1. The van der Waals surface area contributed by atoms with Gasteiger partial charge in [-0.3, -0.25) is 19.3 Å². The first-order valence-electron chi connectivity index (χ1n) is 9.32. The number of nitro groups is 1. The second-order valence-electron chi connectivity index (χ2n) is 7.13. The summed E-state index contributed by atoms with van der Waals surface area (Å²) < 4.78 is 1.63. The van der Waals surface area contributed by atoms with Crippen molar-refractivity contribution in [3.05, 3.63) is 80.4 Å². The van der Waals surface area contributed by atoms with Crippen LogP contribution in [0.4, 0.5) is 11.4 Å². The van der Waals surface area contributed by atoms with Gasteiger partial charge in [-0.2, -0.15) is 0 Å². The number of nitrogens with one attached hydrogen (secondary N) is 1. The number of aromatic nitrogens is 2. The van der Waals surface area contributed by atoms with Crippen LogP contribution in [0.25, 0.3) is 5.65 Å². The number of pyridine rings is 1. The minimum Gasteiger partial charge on any atom is -0.360 e. The molecule has 0 atom stereocenters. The number of benzene rings is 1. The van der Waals surface area contributed by atoms with Crippen LogP contribution in [-0.4, -0.2) is 40.5 Å². The molecule has 0 spiro atoms. The molecule has 1 N–H and O–H groups in total. The molecular weight excluding hydrogens is 358 g/mol. The van der Waals surface area contributed by atoms with E-state index in [4.69, 9.17) is 0 Å². The lowest BCUT2D eigenvalue weighted by Crippen LogP contribution is -3.13. The number of hydrogen-bond donors (Lipinski definition) is 1. The van der Waals surface area contributed by atoms with Gasteiger partial charge in [0.2, 0.25) is 0 Å². The Morgan fingerprint density at radius 2 is 1.86 bits per heavy atom. The highest BCUT2D eigenvalue weighted by molar-refractivity contribution is 5.51. The Labute approximate surface area is 161 Å². The van der Waals surface area contributed by atoms with Gasteiger partial charge in [-0.05, 0) is 31.2 Å². The van der Waals surface area contributed by atoms with Gasteiger partial charge in [0.15, 0.2) is 0 Å². The Hall–Kier alpha value is -3.26. The van der Waals surface area contributed by atoms with Crippen LogP contribution in [0.2, 0.25) is 0 Å². The van der Waals surface area contributed by atoms with Crippen LogP contribution in [0, 0.1) is 17.0 Å². The smallest absolute Gasteiger partial charge is 0.269 e. The van der Waals surface area contributed by atoms with E-state index in [1.807, 2.05) is 25.1 Å². The third-order valence-corrected chi connectivity index (χ3v) is 5.26. The summed E-state index contributed by atoms with van der Waals surface area (Å²) in [5.74, 6) is 0. The third kappa shape index (κ3) is 3.59. The van der Waals surface area contributed by atoms with Crippen LogP contribution < -0.4 is 15.4 Å². The molecule has 0 bridgehead atoms. The van der Waals surface area contributed by atoms with Crippen LogP contribution in [0.15, 0.2) is 53.3 Å². The molecule has 2 aromatic heterocycles. The lowest BCUT2D eigenvalue weighted by Gasteiger charge is -2.33. The first-order valence-corrected chi connectivity index (χ1v) is 9.32. The Balaban J connectivity index is 1.42. The van der Waals surface area contributed by atoms with E-state index < -0.39 is 0 Å². The fourth-order valence-corrected chi connectivity index (χ4v) is 3.75. The maximum atomic E-state index is 12.4. The first kappa shape index (κ1) is 18.1. The summed E-state index contributed by atoms with van der Waals surface area (Å²) in [5, 5.41) is 10.8. The maximum absolute atomic E-state index is 12.4. The SMILES string of the molecule is Cc1cccc2nc(C[NH+]3CCN(c4ccc([N+](=O)[O-])cc4)CC3)cc(=O)n12. The Kier molecular flexibility index (Phi) is 4.79. The molecule has 8 nitrogen and oxygen atoms in total. The van der Waals surface area contributed by atoms with Gasteiger partial charge in [0.25, 0.3) is 11.2 Å². The van der Waals surface area contributed by atoms with Crippen LogP contribution >= 0.6 is 0 Å². The van der Waals surface area contributed by atoms with Crippen LogP contribution in [-0.2, 0) is 6.54 Å². The Morgan fingerprint density at radius 3 is 2.54 bits per heavy atom. The van der Waals surface area contributed by atoms with Crippen molar-refractivity contribution >= 4 is 17.0 Å². The number of fused-ring (bicyclic) bond motifs is 1. The molecule has 1 aromatic carbocycles. The predicted molar refractivity (Wildman–Crippen MR) is 106 cm³/mol. The summed E-state index contributed by atoms with van der Waals surface area (Å²) >= 11 is 0. The molecule has 0 unspecified atom stereocenters. The fraction of sp³-hybridized carbons (Fsp3) is 0.300. The van der Waals surface area contributed by atoms with E-state index >= 15 is 0 Å². The van der Waals surface area contributed by atoms with Gasteiger partial charge >= 0.3 is 0 Å². The molecule has 1 aliphatic rings. The second-order valence-corrected chi connectivity index (χ2v) is 7.13. The predicted octanol–water partition coefficient (Wildman–Crippen LogP) is 0.816. The average Bonchev–Trinajstić information content (AvgIpc) is 2.68. The molecule has 8 heteroatoms. The Bertz CT molecular complexity index is 1070. The molecule has 1 saturated heterocycles. The number of piperazine rings is 1. The molecule has 1 fully saturated rings. The number of quaternary nitrogens is 1. The van der Waals surface area contributed by atoms with E-state index in [2.05, 4.69) is 9.88 Å². The average molecular weight is 380 g/mol. The maximum Gasteiger partial charge on any atom is 0.269 e. The number of non-ortho nitro benzene ring substituents is 1.